The third-order valence-corrected chi connectivity index (χ3v) is 4.84. The van der Waals surface area contributed by atoms with Crippen LogP contribution in [-0.4, -0.2) is 35.9 Å². The second-order valence-electron chi connectivity index (χ2n) is 7.34. The Morgan fingerprint density at radius 2 is 1.66 bits per heavy atom. The lowest BCUT2D eigenvalue weighted by Gasteiger charge is -2.30. The number of carbonyl (C=O) groups excluding carboxylic acids is 2. The molecule has 2 aromatic rings. The number of ether oxygens (including phenoxy) is 1. The van der Waals surface area contributed by atoms with E-state index in [4.69, 9.17) is 4.74 Å². The quantitative estimate of drug-likeness (QED) is 0.657. The number of rotatable bonds is 10. The highest BCUT2D eigenvalue weighted by Crippen LogP contribution is 2.19. The van der Waals surface area contributed by atoms with Crippen molar-refractivity contribution in [2.45, 2.75) is 52.6 Å². The largest absolute Gasteiger partial charge is 0.484 e. The number of hydrogen-bond donors (Lipinski definition) is 1. The van der Waals surface area contributed by atoms with Crippen LogP contribution in [0.1, 0.15) is 51.2 Å². The molecule has 1 atom stereocenters. The van der Waals surface area contributed by atoms with Crippen LogP contribution in [0.4, 0.5) is 0 Å². The van der Waals surface area contributed by atoms with Crippen molar-refractivity contribution in [3.63, 3.8) is 0 Å². The first kappa shape index (κ1) is 22.5. The topological polar surface area (TPSA) is 58.6 Å². The number of benzene rings is 2. The highest BCUT2D eigenvalue weighted by atomic mass is 16.5. The van der Waals surface area contributed by atoms with Gasteiger partial charge in [-0.2, -0.15) is 0 Å². The smallest absolute Gasteiger partial charge is 0.261 e. The molecule has 1 N–H and O–H groups in total. The van der Waals surface area contributed by atoms with Crippen LogP contribution in [0.25, 0.3) is 0 Å². The van der Waals surface area contributed by atoms with E-state index in [1.165, 1.54) is 5.56 Å². The van der Waals surface area contributed by atoms with Gasteiger partial charge in [-0.05, 0) is 42.5 Å². The number of nitrogens with one attached hydrogen (secondary N) is 1. The summed E-state index contributed by atoms with van der Waals surface area (Å²) in [7, 11) is 0. The van der Waals surface area contributed by atoms with Crippen LogP contribution >= 0.6 is 0 Å². The van der Waals surface area contributed by atoms with E-state index in [9.17, 15) is 9.59 Å². The minimum atomic E-state index is -0.533. The fraction of sp³-hybridized carbons (Fsp3) is 0.417. The summed E-state index contributed by atoms with van der Waals surface area (Å²) in [4.78, 5) is 27.2. The van der Waals surface area contributed by atoms with Gasteiger partial charge >= 0.3 is 0 Å². The number of likely N-dealkylation sites (N-methyl/N-ethyl adjacent to an activating group) is 1. The van der Waals surface area contributed by atoms with Crippen LogP contribution in [0.3, 0.4) is 0 Å². The molecule has 5 heteroatoms. The molecule has 2 aromatic carbocycles. The molecule has 156 valence electrons. The van der Waals surface area contributed by atoms with Gasteiger partial charge in [-0.3, -0.25) is 9.59 Å². The molecule has 0 heterocycles. The normalized spacial score (nSPS) is 11.8. The predicted octanol–water partition coefficient (Wildman–Crippen LogP) is 4.13. The summed E-state index contributed by atoms with van der Waals surface area (Å²) < 4.78 is 5.73. The van der Waals surface area contributed by atoms with Crippen LogP contribution in [0.15, 0.2) is 54.6 Å². The molecule has 1 unspecified atom stereocenters. The van der Waals surface area contributed by atoms with Crippen molar-refractivity contribution in [3.05, 3.63) is 65.7 Å². The standard InChI is InChI=1S/C24H32N2O3/c1-5-22(24(28)25-6-2)26(16-19-10-8-7-9-11-19)23(27)17-29-21-14-12-20(13-15-21)18(3)4/h7-15,18,22H,5-6,16-17H2,1-4H3,(H,25,28). The van der Waals surface area contributed by atoms with Gasteiger partial charge in [0.2, 0.25) is 5.91 Å². The summed E-state index contributed by atoms with van der Waals surface area (Å²) in [6.45, 7) is 8.84. The molecule has 0 aliphatic heterocycles. The van der Waals surface area contributed by atoms with E-state index in [2.05, 4.69) is 19.2 Å². The van der Waals surface area contributed by atoms with Crippen molar-refractivity contribution in [1.29, 1.82) is 0 Å². The fourth-order valence-corrected chi connectivity index (χ4v) is 3.17. The van der Waals surface area contributed by atoms with Crippen LogP contribution in [0.2, 0.25) is 0 Å². The number of nitrogens with zero attached hydrogens (tertiary/aromatic N) is 1. The third kappa shape index (κ3) is 6.63. The molecule has 2 amide bonds. The molecule has 0 radical (unpaired) electrons. The van der Waals surface area contributed by atoms with E-state index in [0.29, 0.717) is 31.2 Å². The van der Waals surface area contributed by atoms with E-state index >= 15 is 0 Å². The average molecular weight is 397 g/mol. The minimum Gasteiger partial charge on any atom is -0.484 e. The van der Waals surface area contributed by atoms with Crippen molar-refractivity contribution in [2.24, 2.45) is 0 Å². The van der Waals surface area contributed by atoms with Gasteiger partial charge in [0.25, 0.3) is 5.91 Å². The summed E-state index contributed by atoms with van der Waals surface area (Å²) in [6, 6.07) is 16.9. The van der Waals surface area contributed by atoms with Crippen LogP contribution in [0, 0.1) is 0 Å². The summed E-state index contributed by atoms with van der Waals surface area (Å²) in [5, 5.41) is 2.83. The molecule has 2 rings (SSSR count). The summed E-state index contributed by atoms with van der Waals surface area (Å²) in [5.74, 6) is 0.739. The first-order chi connectivity index (χ1) is 14.0. The Bertz CT molecular complexity index is 772. The minimum absolute atomic E-state index is 0.107. The zero-order chi connectivity index (χ0) is 21.2. The average Bonchev–Trinajstić information content (AvgIpc) is 2.73. The van der Waals surface area contributed by atoms with Gasteiger partial charge < -0.3 is 15.0 Å². The third-order valence-electron chi connectivity index (χ3n) is 4.84. The summed E-state index contributed by atoms with van der Waals surface area (Å²) in [5.41, 5.74) is 2.20. The lowest BCUT2D eigenvalue weighted by molar-refractivity contribution is -0.142. The first-order valence-electron chi connectivity index (χ1n) is 10.3. The van der Waals surface area contributed by atoms with Gasteiger partial charge in [0.05, 0.1) is 0 Å². The number of carbonyl (C=O) groups is 2. The zero-order valence-electron chi connectivity index (χ0n) is 17.9. The van der Waals surface area contributed by atoms with Crippen molar-refractivity contribution >= 4 is 11.8 Å². The first-order valence-corrected chi connectivity index (χ1v) is 10.3. The zero-order valence-corrected chi connectivity index (χ0v) is 17.9. The molecule has 0 fully saturated rings. The lowest BCUT2D eigenvalue weighted by atomic mass is 10.0. The molecule has 0 aliphatic carbocycles. The predicted molar refractivity (Wildman–Crippen MR) is 116 cm³/mol. The maximum absolute atomic E-state index is 13.0. The molecule has 0 aliphatic rings. The molecule has 29 heavy (non-hydrogen) atoms. The Balaban J connectivity index is 2.13. The van der Waals surface area contributed by atoms with Crippen molar-refractivity contribution in [2.75, 3.05) is 13.2 Å². The fourth-order valence-electron chi connectivity index (χ4n) is 3.17. The van der Waals surface area contributed by atoms with E-state index in [0.717, 1.165) is 5.56 Å². The summed E-state index contributed by atoms with van der Waals surface area (Å²) >= 11 is 0. The van der Waals surface area contributed by atoms with E-state index in [1.807, 2.05) is 68.4 Å². The van der Waals surface area contributed by atoms with E-state index in [-0.39, 0.29) is 18.4 Å². The molecule has 0 aromatic heterocycles. The Kier molecular flexibility index (Phi) is 8.71. The van der Waals surface area contributed by atoms with Crippen LogP contribution in [0.5, 0.6) is 5.75 Å². The molecular formula is C24H32N2O3. The highest BCUT2D eigenvalue weighted by Gasteiger charge is 2.28. The van der Waals surface area contributed by atoms with Crippen molar-refractivity contribution in [3.8, 4) is 5.75 Å². The Morgan fingerprint density at radius 3 is 2.21 bits per heavy atom. The van der Waals surface area contributed by atoms with Crippen molar-refractivity contribution in [1.82, 2.24) is 10.2 Å². The Labute approximate surface area is 174 Å². The molecular weight excluding hydrogens is 364 g/mol. The van der Waals surface area contributed by atoms with Crippen molar-refractivity contribution < 1.29 is 14.3 Å². The lowest BCUT2D eigenvalue weighted by Crippen LogP contribution is -2.50. The van der Waals surface area contributed by atoms with E-state index in [1.54, 1.807) is 4.90 Å². The molecule has 0 bridgehead atoms. The number of amides is 2. The number of hydrogen-bond acceptors (Lipinski definition) is 3. The van der Waals surface area contributed by atoms with Gasteiger partial charge in [-0.25, -0.2) is 0 Å². The van der Waals surface area contributed by atoms with Gasteiger partial charge in [-0.1, -0.05) is 63.2 Å². The maximum Gasteiger partial charge on any atom is 0.261 e. The van der Waals surface area contributed by atoms with Gasteiger partial charge in [0.1, 0.15) is 11.8 Å². The van der Waals surface area contributed by atoms with Gasteiger partial charge in [0.15, 0.2) is 6.61 Å². The molecule has 0 saturated carbocycles. The highest BCUT2D eigenvalue weighted by molar-refractivity contribution is 5.88. The molecule has 0 saturated heterocycles. The van der Waals surface area contributed by atoms with Gasteiger partial charge in [-0.15, -0.1) is 0 Å². The monoisotopic (exact) mass is 396 g/mol. The maximum atomic E-state index is 13.0. The van der Waals surface area contributed by atoms with E-state index < -0.39 is 6.04 Å². The van der Waals surface area contributed by atoms with Gasteiger partial charge in [0, 0.05) is 13.1 Å². The molecule has 0 spiro atoms. The van der Waals surface area contributed by atoms with Crippen LogP contribution in [-0.2, 0) is 16.1 Å². The second-order valence-corrected chi connectivity index (χ2v) is 7.34. The SMILES string of the molecule is CCNC(=O)C(CC)N(Cc1ccccc1)C(=O)COc1ccc(C(C)C)cc1. The Hall–Kier alpha value is -2.82. The summed E-state index contributed by atoms with van der Waals surface area (Å²) in [6.07, 6.45) is 0.535. The molecule has 5 nitrogen and oxygen atoms in total. The second kappa shape index (κ2) is 11.2. The Morgan fingerprint density at radius 1 is 1.00 bits per heavy atom. The van der Waals surface area contributed by atoms with Crippen LogP contribution < -0.4 is 10.1 Å².